The number of nitrogens with zero attached hydrogens (tertiary/aromatic N) is 2. The van der Waals surface area contributed by atoms with Crippen LogP contribution in [-0.2, 0) is 9.53 Å². The Morgan fingerprint density at radius 3 is 2.53 bits per heavy atom. The Hall–Kier alpha value is -3.46. The van der Waals surface area contributed by atoms with E-state index in [-0.39, 0.29) is 30.5 Å². The first kappa shape index (κ1) is 24.2. The fourth-order valence-electron chi connectivity index (χ4n) is 4.81. The Kier molecular flexibility index (Phi) is 7.18. The Balaban J connectivity index is 1.30. The topological polar surface area (TPSA) is 118 Å². The van der Waals surface area contributed by atoms with Crippen molar-refractivity contribution in [3.05, 3.63) is 41.9 Å². The van der Waals surface area contributed by atoms with E-state index in [4.69, 9.17) is 9.47 Å². The van der Waals surface area contributed by atoms with Gasteiger partial charge in [-0.15, -0.1) is 0 Å². The number of hydrogen-bond acceptors (Lipinski definition) is 6. The van der Waals surface area contributed by atoms with Crippen LogP contribution in [0.4, 0.5) is 0 Å². The third kappa shape index (κ3) is 5.51. The zero-order chi connectivity index (χ0) is 25.1. The van der Waals surface area contributed by atoms with Crippen LogP contribution in [0.15, 0.2) is 30.7 Å². The van der Waals surface area contributed by atoms with Crippen molar-refractivity contribution in [3.63, 3.8) is 0 Å². The van der Waals surface area contributed by atoms with Crippen LogP contribution in [0.5, 0.6) is 5.75 Å². The number of ether oxygens (including phenoxy) is 2. The van der Waals surface area contributed by atoms with E-state index in [1.54, 1.807) is 6.20 Å². The number of carbonyl (C=O) groups is 2. The summed E-state index contributed by atoms with van der Waals surface area (Å²) < 4.78 is 11.0. The van der Waals surface area contributed by atoms with E-state index in [0.717, 1.165) is 48.3 Å². The monoisotopic (exact) mass is 491 g/mol. The molecule has 190 valence electrons. The average molecular weight is 492 g/mol. The molecule has 2 saturated carbocycles. The molecule has 0 bridgehead atoms. The highest BCUT2D eigenvalue weighted by Crippen LogP contribution is 2.36. The lowest BCUT2D eigenvalue weighted by Crippen LogP contribution is -2.44. The zero-order valence-corrected chi connectivity index (χ0v) is 20.8. The van der Waals surface area contributed by atoms with Crippen LogP contribution in [0.2, 0.25) is 0 Å². The standard InChI is InChI=1S/C27H33N5O4/c1-16-3-10-22(36-13-17-4-5-17)20(11-16)24-26-25(30-15-29-24)21(12-28-26)27(34)32-19-8-6-18(7-9-19)31-23(33)14-35-2/h3,10-12,15,17-19,28H,4-9,13-14H2,1-2H3,(H,31,33)(H,32,34)/t18-,19-. The molecule has 0 aliphatic heterocycles. The summed E-state index contributed by atoms with van der Waals surface area (Å²) in [5.74, 6) is 1.17. The average Bonchev–Trinajstić information content (AvgIpc) is 3.60. The van der Waals surface area contributed by atoms with Crippen LogP contribution in [-0.4, -0.2) is 59.2 Å². The van der Waals surface area contributed by atoms with E-state index < -0.39 is 0 Å². The number of aromatic nitrogens is 3. The number of rotatable bonds is 9. The summed E-state index contributed by atoms with van der Waals surface area (Å²) in [5.41, 5.74) is 4.53. The normalized spacial score (nSPS) is 19.7. The molecule has 3 N–H and O–H groups in total. The third-order valence-corrected chi connectivity index (χ3v) is 6.97. The van der Waals surface area contributed by atoms with Crippen LogP contribution in [0.25, 0.3) is 22.3 Å². The van der Waals surface area contributed by atoms with Gasteiger partial charge in [-0.2, -0.15) is 0 Å². The molecule has 3 aromatic rings. The molecule has 9 nitrogen and oxygen atoms in total. The largest absolute Gasteiger partial charge is 0.493 e. The van der Waals surface area contributed by atoms with Crippen molar-refractivity contribution in [2.24, 2.45) is 5.92 Å². The van der Waals surface area contributed by atoms with E-state index in [0.29, 0.717) is 29.1 Å². The van der Waals surface area contributed by atoms with Gasteiger partial charge in [0.15, 0.2) is 0 Å². The number of aromatic amines is 1. The summed E-state index contributed by atoms with van der Waals surface area (Å²) in [7, 11) is 1.51. The first-order valence-corrected chi connectivity index (χ1v) is 12.7. The number of hydrogen-bond donors (Lipinski definition) is 3. The van der Waals surface area contributed by atoms with Crippen LogP contribution in [0.1, 0.15) is 54.4 Å². The number of fused-ring (bicyclic) bond motifs is 1. The lowest BCUT2D eigenvalue weighted by molar-refractivity contribution is -0.125. The summed E-state index contributed by atoms with van der Waals surface area (Å²) in [6.07, 6.45) is 8.89. The van der Waals surface area contributed by atoms with Crippen LogP contribution < -0.4 is 15.4 Å². The fraction of sp³-hybridized carbons (Fsp3) is 0.481. The van der Waals surface area contributed by atoms with Gasteiger partial charge in [0.1, 0.15) is 29.9 Å². The maximum atomic E-state index is 13.2. The fourth-order valence-corrected chi connectivity index (χ4v) is 4.81. The first-order chi connectivity index (χ1) is 17.5. The third-order valence-electron chi connectivity index (χ3n) is 6.97. The van der Waals surface area contributed by atoms with Gasteiger partial charge < -0.3 is 25.1 Å². The lowest BCUT2D eigenvalue weighted by Gasteiger charge is -2.29. The molecule has 2 amide bonds. The quantitative estimate of drug-likeness (QED) is 0.422. The van der Waals surface area contributed by atoms with Gasteiger partial charge >= 0.3 is 0 Å². The smallest absolute Gasteiger partial charge is 0.255 e. The molecule has 2 aliphatic carbocycles. The van der Waals surface area contributed by atoms with Gasteiger partial charge in [0.25, 0.3) is 5.91 Å². The van der Waals surface area contributed by atoms with Gasteiger partial charge in [-0.25, -0.2) is 9.97 Å². The van der Waals surface area contributed by atoms with Crippen molar-refractivity contribution in [2.45, 2.75) is 57.5 Å². The van der Waals surface area contributed by atoms with E-state index >= 15 is 0 Å². The maximum absolute atomic E-state index is 13.2. The molecule has 0 unspecified atom stereocenters. The van der Waals surface area contributed by atoms with Crippen molar-refractivity contribution in [3.8, 4) is 17.0 Å². The van der Waals surface area contributed by atoms with Crippen molar-refractivity contribution < 1.29 is 19.1 Å². The predicted molar refractivity (Wildman–Crippen MR) is 136 cm³/mol. The minimum atomic E-state index is -0.160. The number of amides is 2. The van der Waals surface area contributed by atoms with Gasteiger partial charge in [-0.1, -0.05) is 11.6 Å². The molecule has 5 rings (SSSR count). The second kappa shape index (κ2) is 10.7. The second-order valence-corrected chi connectivity index (χ2v) is 9.92. The summed E-state index contributed by atoms with van der Waals surface area (Å²) in [6.45, 7) is 2.82. The van der Waals surface area contributed by atoms with Crippen molar-refractivity contribution in [1.29, 1.82) is 0 Å². The summed E-state index contributed by atoms with van der Waals surface area (Å²) in [4.78, 5) is 37.2. The SMILES string of the molecule is COCC(=O)N[C@H]1CC[C@H](NC(=O)c2c[nH]c3c(-c4cc(C)ccc4OCC4CC4)ncnc23)CC1. The molecule has 0 atom stereocenters. The molecule has 36 heavy (non-hydrogen) atoms. The van der Waals surface area contributed by atoms with Crippen molar-refractivity contribution in [1.82, 2.24) is 25.6 Å². The van der Waals surface area contributed by atoms with Gasteiger partial charge in [0.2, 0.25) is 5.91 Å². The number of aryl methyl sites for hydroxylation is 1. The first-order valence-electron chi connectivity index (χ1n) is 12.7. The van der Waals surface area contributed by atoms with Gasteiger partial charge in [-0.05, 0) is 63.5 Å². The maximum Gasteiger partial charge on any atom is 0.255 e. The van der Waals surface area contributed by atoms with Crippen LogP contribution >= 0.6 is 0 Å². The highest BCUT2D eigenvalue weighted by atomic mass is 16.5. The molecular weight excluding hydrogens is 458 g/mol. The van der Waals surface area contributed by atoms with E-state index in [1.807, 2.05) is 19.1 Å². The molecule has 2 aromatic heterocycles. The van der Waals surface area contributed by atoms with E-state index in [9.17, 15) is 9.59 Å². The zero-order valence-electron chi connectivity index (χ0n) is 20.8. The van der Waals surface area contributed by atoms with Gasteiger partial charge in [0.05, 0.1) is 17.7 Å². The molecular formula is C27H33N5O4. The molecule has 0 radical (unpaired) electrons. The second-order valence-electron chi connectivity index (χ2n) is 9.92. The molecule has 0 spiro atoms. The number of H-pyrrole nitrogens is 1. The number of methoxy groups -OCH3 is 1. The molecule has 9 heteroatoms. The van der Waals surface area contributed by atoms with E-state index in [2.05, 4.69) is 31.7 Å². The van der Waals surface area contributed by atoms with Gasteiger partial charge in [-0.3, -0.25) is 9.59 Å². The minimum Gasteiger partial charge on any atom is -0.493 e. The Labute approximate surface area is 210 Å². The molecule has 0 saturated heterocycles. The summed E-state index contributed by atoms with van der Waals surface area (Å²) >= 11 is 0. The van der Waals surface area contributed by atoms with E-state index in [1.165, 1.54) is 26.3 Å². The molecule has 1 aromatic carbocycles. The Morgan fingerprint density at radius 1 is 1.06 bits per heavy atom. The highest BCUT2D eigenvalue weighted by Gasteiger charge is 2.26. The number of nitrogens with one attached hydrogen (secondary N) is 3. The predicted octanol–water partition coefficient (Wildman–Crippen LogP) is 3.53. The molecule has 2 heterocycles. The van der Waals surface area contributed by atoms with Crippen molar-refractivity contribution >= 4 is 22.8 Å². The molecule has 2 aliphatic rings. The summed E-state index contributed by atoms with van der Waals surface area (Å²) in [6, 6.07) is 6.27. The number of benzene rings is 1. The lowest BCUT2D eigenvalue weighted by atomic mass is 9.91. The van der Waals surface area contributed by atoms with Crippen LogP contribution in [0, 0.1) is 12.8 Å². The van der Waals surface area contributed by atoms with Crippen LogP contribution in [0.3, 0.4) is 0 Å². The molecule has 2 fully saturated rings. The van der Waals surface area contributed by atoms with Crippen molar-refractivity contribution in [2.75, 3.05) is 20.3 Å². The highest BCUT2D eigenvalue weighted by molar-refractivity contribution is 6.08. The number of carbonyl (C=O) groups excluding carboxylic acids is 2. The van der Waals surface area contributed by atoms with Gasteiger partial charge in [0, 0.05) is 31.0 Å². The summed E-state index contributed by atoms with van der Waals surface area (Å²) in [5, 5.41) is 6.14. The Bertz CT molecular complexity index is 1240. The Morgan fingerprint density at radius 2 is 1.81 bits per heavy atom. The minimum absolute atomic E-state index is 0.0542.